The Morgan fingerprint density at radius 2 is 1.66 bits per heavy atom. The van der Waals surface area contributed by atoms with Crippen molar-refractivity contribution in [1.29, 1.82) is 5.26 Å². The largest absolute Gasteiger partial charge is 0.480 e. The standard InChI is InChI=1S/C21H13F3N2O2S/c22-21(23,24)16-11-17(13-7-3-1-4-8-13)26-19(15(16)12-25)29-18(20(27)28)14-9-5-2-6-10-14/h1-11,18H,(H,27,28). The fraction of sp³-hybridized carbons (Fsp3) is 0.0952. The minimum atomic E-state index is -4.79. The van der Waals surface area contributed by atoms with Crippen LogP contribution in [0.15, 0.2) is 71.8 Å². The normalized spacial score (nSPS) is 12.2. The quantitative estimate of drug-likeness (QED) is 0.554. The molecule has 4 nitrogen and oxygen atoms in total. The van der Waals surface area contributed by atoms with Gasteiger partial charge in [0.25, 0.3) is 0 Å². The number of thioether (sulfide) groups is 1. The molecule has 8 heteroatoms. The second-order valence-electron chi connectivity index (χ2n) is 5.96. The van der Waals surface area contributed by atoms with Gasteiger partial charge in [-0.1, -0.05) is 72.4 Å². The number of carboxylic acid groups (broad SMARTS) is 1. The van der Waals surface area contributed by atoms with Crippen molar-refractivity contribution in [3.63, 3.8) is 0 Å². The molecule has 3 aromatic rings. The third-order valence-electron chi connectivity index (χ3n) is 4.03. The van der Waals surface area contributed by atoms with Gasteiger partial charge in [0.2, 0.25) is 0 Å². The Bertz CT molecular complexity index is 1070. The van der Waals surface area contributed by atoms with Crippen molar-refractivity contribution in [1.82, 2.24) is 4.98 Å². The second kappa shape index (κ2) is 8.37. The van der Waals surface area contributed by atoms with Crippen molar-refractivity contribution < 1.29 is 23.1 Å². The van der Waals surface area contributed by atoms with Crippen molar-refractivity contribution in [2.45, 2.75) is 16.5 Å². The molecule has 0 saturated carbocycles. The van der Waals surface area contributed by atoms with Gasteiger partial charge in [-0.15, -0.1) is 0 Å². The number of carbonyl (C=O) groups is 1. The molecule has 1 unspecified atom stereocenters. The van der Waals surface area contributed by atoms with Crippen LogP contribution < -0.4 is 0 Å². The molecule has 0 aliphatic heterocycles. The molecule has 1 aromatic heterocycles. The lowest BCUT2D eigenvalue weighted by molar-refractivity contribution is -0.138. The zero-order valence-electron chi connectivity index (χ0n) is 14.7. The molecule has 0 saturated heterocycles. The van der Waals surface area contributed by atoms with E-state index in [1.54, 1.807) is 66.7 Å². The van der Waals surface area contributed by atoms with Crippen molar-refractivity contribution in [2.75, 3.05) is 0 Å². The van der Waals surface area contributed by atoms with Crippen LogP contribution in [0, 0.1) is 11.3 Å². The van der Waals surface area contributed by atoms with Crippen LogP contribution in [0.4, 0.5) is 13.2 Å². The summed E-state index contributed by atoms with van der Waals surface area (Å²) >= 11 is 0.607. The number of hydrogen-bond acceptors (Lipinski definition) is 4. The number of benzene rings is 2. The Kier molecular flexibility index (Phi) is 5.89. The van der Waals surface area contributed by atoms with Crippen LogP contribution in [0.1, 0.15) is 21.9 Å². The van der Waals surface area contributed by atoms with E-state index in [9.17, 15) is 28.3 Å². The molecule has 0 aliphatic rings. The maximum atomic E-state index is 13.6. The number of alkyl halides is 3. The molecule has 0 aliphatic carbocycles. The van der Waals surface area contributed by atoms with Gasteiger partial charge in [-0.05, 0) is 11.6 Å². The molecule has 0 bridgehead atoms. The molecule has 146 valence electrons. The minimum Gasteiger partial charge on any atom is -0.480 e. The Morgan fingerprint density at radius 1 is 1.07 bits per heavy atom. The van der Waals surface area contributed by atoms with Crippen molar-refractivity contribution >= 4 is 17.7 Å². The fourth-order valence-electron chi connectivity index (χ4n) is 2.70. The highest BCUT2D eigenvalue weighted by molar-refractivity contribution is 8.00. The Labute approximate surface area is 168 Å². The predicted octanol–water partition coefficient (Wildman–Crippen LogP) is 5.56. The van der Waals surface area contributed by atoms with Gasteiger partial charge < -0.3 is 5.11 Å². The number of nitriles is 1. The van der Waals surface area contributed by atoms with Gasteiger partial charge in [0.15, 0.2) is 0 Å². The van der Waals surface area contributed by atoms with Crippen LogP contribution in [0.5, 0.6) is 0 Å². The number of rotatable bonds is 5. The van der Waals surface area contributed by atoms with Crippen LogP contribution in [0.25, 0.3) is 11.3 Å². The smallest absolute Gasteiger partial charge is 0.417 e. The third-order valence-corrected chi connectivity index (χ3v) is 5.26. The number of aromatic nitrogens is 1. The van der Waals surface area contributed by atoms with Gasteiger partial charge in [-0.3, -0.25) is 4.79 Å². The Hall–Kier alpha value is -3.31. The summed E-state index contributed by atoms with van der Waals surface area (Å²) in [6.07, 6.45) is -4.79. The Morgan fingerprint density at radius 3 is 2.17 bits per heavy atom. The summed E-state index contributed by atoms with van der Waals surface area (Å²) in [5.74, 6) is -1.24. The van der Waals surface area contributed by atoms with E-state index in [2.05, 4.69) is 4.98 Å². The van der Waals surface area contributed by atoms with E-state index in [1.165, 1.54) is 0 Å². The molecular formula is C21H13F3N2O2S. The van der Waals surface area contributed by atoms with Crippen LogP contribution in [-0.4, -0.2) is 16.1 Å². The van der Waals surface area contributed by atoms with Crippen LogP contribution in [0.2, 0.25) is 0 Å². The van der Waals surface area contributed by atoms with E-state index < -0.39 is 28.5 Å². The van der Waals surface area contributed by atoms with Crippen molar-refractivity contribution in [3.8, 4) is 17.3 Å². The first kappa shape index (κ1) is 20.4. The van der Waals surface area contributed by atoms with E-state index in [0.717, 1.165) is 6.07 Å². The lowest BCUT2D eigenvalue weighted by Crippen LogP contribution is -2.13. The first-order valence-corrected chi connectivity index (χ1v) is 9.21. The first-order chi connectivity index (χ1) is 13.8. The summed E-state index contributed by atoms with van der Waals surface area (Å²) in [6.45, 7) is 0. The van der Waals surface area contributed by atoms with Crippen LogP contribution in [0.3, 0.4) is 0 Å². The SMILES string of the molecule is N#Cc1c(C(F)(F)F)cc(-c2ccccc2)nc1SC(C(=O)O)c1ccccc1. The predicted molar refractivity (Wildman–Crippen MR) is 102 cm³/mol. The molecule has 0 fully saturated rings. The fourth-order valence-corrected chi connectivity index (χ4v) is 3.74. The van der Waals surface area contributed by atoms with Crippen molar-refractivity contribution in [2.24, 2.45) is 0 Å². The van der Waals surface area contributed by atoms with E-state index >= 15 is 0 Å². The lowest BCUT2D eigenvalue weighted by atomic mass is 10.1. The summed E-state index contributed by atoms with van der Waals surface area (Å²) in [4.78, 5) is 16.0. The Balaban J connectivity index is 2.18. The van der Waals surface area contributed by atoms with Crippen LogP contribution in [-0.2, 0) is 11.0 Å². The summed E-state index contributed by atoms with van der Waals surface area (Å²) in [5, 5.41) is 17.5. The number of pyridine rings is 1. The summed E-state index contributed by atoms with van der Waals surface area (Å²) < 4.78 is 40.9. The maximum Gasteiger partial charge on any atom is 0.417 e. The molecule has 1 N–H and O–H groups in total. The van der Waals surface area contributed by atoms with Gasteiger partial charge in [0.1, 0.15) is 16.3 Å². The topological polar surface area (TPSA) is 74.0 Å². The molecule has 29 heavy (non-hydrogen) atoms. The zero-order chi connectivity index (χ0) is 21.0. The summed E-state index contributed by atoms with van der Waals surface area (Å²) in [5.41, 5.74) is -1.01. The average Bonchev–Trinajstić information content (AvgIpc) is 2.71. The first-order valence-electron chi connectivity index (χ1n) is 8.33. The number of aliphatic carboxylic acids is 1. The molecule has 0 radical (unpaired) electrons. The van der Waals surface area contributed by atoms with Gasteiger partial charge in [0, 0.05) is 5.56 Å². The van der Waals surface area contributed by atoms with Gasteiger partial charge in [0.05, 0.1) is 16.8 Å². The molecule has 1 atom stereocenters. The zero-order valence-corrected chi connectivity index (χ0v) is 15.5. The molecule has 0 spiro atoms. The van der Waals surface area contributed by atoms with E-state index in [4.69, 9.17) is 0 Å². The van der Waals surface area contributed by atoms with Crippen molar-refractivity contribution in [3.05, 3.63) is 83.4 Å². The molecule has 3 rings (SSSR count). The van der Waals surface area contributed by atoms with E-state index in [-0.39, 0.29) is 10.7 Å². The molecular weight excluding hydrogens is 401 g/mol. The average molecular weight is 414 g/mol. The van der Waals surface area contributed by atoms with Gasteiger partial charge >= 0.3 is 12.1 Å². The van der Waals surface area contributed by atoms with E-state index in [0.29, 0.717) is 22.9 Å². The molecule has 1 heterocycles. The highest BCUT2D eigenvalue weighted by Crippen LogP contribution is 2.42. The highest BCUT2D eigenvalue weighted by atomic mass is 32.2. The maximum absolute atomic E-state index is 13.6. The third kappa shape index (κ3) is 4.58. The number of carboxylic acids is 1. The summed E-state index contributed by atoms with van der Waals surface area (Å²) in [7, 11) is 0. The van der Waals surface area contributed by atoms with Gasteiger partial charge in [-0.25, -0.2) is 4.98 Å². The highest BCUT2D eigenvalue weighted by Gasteiger charge is 2.37. The number of hydrogen-bond donors (Lipinski definition) is 1. The number of halogens is 3. The minimum absolute atomic E-state index is 0.0108. The number of nitrogens with zero attached hydrogens (tertiary/aromatic N) is 2. The summed E-state index contributed by atoms with van der Waals surface area (Å²) in [6, 6.07) is 18.6. The molecule has 0 amide bonds. The second-order valence-corrected chi connectivity index (χ2v) is 7.05. The van der Waals surface area contributed by atoms with E-state index in [1.807, 2.05) is 0 Å². The van der Waals surface area contributed by atoms with Gasteiger partial charge in [-0.2, -0.15) is 18.4 Å². The lowest BCUT2D eigenvalue weighted by Gasteiger charge is -2.17. The van der Waals surface area contributed by atoms with Crippen LogP contribution >= 0.6 is 11.8 Å². The molecule has 2 aromatic carbocycles. The monoisotopic (exact) mass is 414 g/mol.